The van der Waals surface area contributed by atoms with Crippen LogP contribution in [-0.4, -0.2) is 32.0 Å². The molecule has 148 valence electrons. The van der Waals surface area contributed by atoms with Crippen LogP contribution in [0.1, 0.15) is 12.0 Å². The van der Waals surface area contributed by atoms with E-state index in [0.717, 1.165) is 29.8 Å². The Kier molecular flexibility index (Phi) is 7.42. The van der Waals surface area contributed by atoms with E-state index in [1.165, 1.54) is 6.08 Å². The number of ether oxygens (including phenoxy) is 1. The van der Waals surface area contributed by atoms with Gasteiger partial charge < -0.3 is 4.74 Å². The normalized spacial score (nSPS) is 12.1. The van der Waals surface area contributed by atoms with E-state index in [1.54, 1.807) is 0 Å². The topological polar surface area (TPSA) is 116 Å². The molecule has 0 aliphatic rings. The summed E-state index contributed by atoms with van der Waals surface area (Å²) in [6.45, 7) is 3.50. The molecule has 1 N–H and O–H groups in total. The summed E-state index contributed by atoms with van der Waals surface area (Å²) in [4.78, 5) is 22.0. The number of carbonyl (C=O) groups is 1. The molecule has 0 aromatic heterocycles. The summed E-state index contributed by atoms with van der Waals surface area (Å²) in [5, 5.41) is 10.7. The molecule has 0 saturated carbocycles. The molecule has 1 atom stereocenters. The van der Waals surface area contributed by atoms with Crippen molar-refractivity contribution >= 4 is 21.7 Å². The Morgan fingerprint density at radius 2 is 1.82 bits per heavy atom. The zero-order valence-corrected chi connectivity index (χ0v) is 15.8. The third-order valence-electron chi connectivity index (χ3n) is 3.78. The van der Waals surface area contributed by atoms with Crippen LogP contribution in [0, 0.1) is 10.1 Å². The minimum Gasteiger partial charge on any atom is -0.461 e. The maximum absolute atomic E-state index is 12.7. The van der Waals surface area contributed by atoms with E-state index < -0.39 is 27.0 Å². The Morgan fingerprint density at radius 3 is 2.39 bits per heavy atom. The number of sulfonamides is 1. The second-order valence-corrected chi connectivity index (χ2v) is 7.65. The number of nitrogens with one attached hydrogen (secondary N) is 1. The third-order valence-corrected chi connectivity index (χ3v) is 5.32. The Bertz CT molecular complexity index is 927. The summed E-state index contributed by atoms with van der Waals surface area (Å²) in [5.74, 6) is -0.563. The second-order valence-electron chi connectivity index (χ2n) is 5.93. The first-order chi connectivity index (χ1) is 13.3. The summed E-state index contributed by atoms with van der Waals surface area (Å²) in [5.41, 5.74) is 0.628. The summed E-state index contributed by atoms with van der Waals surface area (Å²) >= 11 is 0. The van der Waals surface area contributed by atoms with Gasteiger partial charge in [-0.3, -0.25) is 14.9 Å². The molecule has 9 heteroatoms. The summed E-state index contributed by atoms with van der Waals surface area (Å²) in [6.07, 6.45) is 1.52. The lowest BCUT2D eigenvalue weighted by Gasteiger charge is -2.18. The average molecular weight is 404 g/mol. The maximum Gasteiger partial charge on any atom is 0.307 e. The van der Waals surface area contributed by atoms with Gasteiger partial charge in [0.05, 0.1) is 16.2 Å². The van der Waals surface area contributed by atoms with Gasteiger partial charge in [0, 0.05) is 18.2 Å². The molecule has 0 saturated heterocycles. The van der Waals surface area contributed by atoms with Crippen LogP contribution in [0.2, 0.25) is 0 Å². The van der Waals surface area contributed by atoms with Crippen LogP contribution in [0.3, 0.4) is 0 Å². The van der Waals surface area contributed by atoms with Crippen molar-refractivity contribution < 1.29 is 22.9 Å². The zero-order chi connectivity index (χ0) is 20.6. The molecular weight excluding hydrogens is 384 g/mol. The fraction of sp³-hybridized carbons (Fsp3) is 0.211. The van der Waals surface area contributed by atoms with Crippen LogP contribution in [0.4, 0.5) is 5.69 Å². The predicted octanol–water partition coefficient (Wildman–Crippen LogP) is 2.60. The van der Waals surface area contributed by atoms with Gasteiger partial charge >= 0.3 is 5.97 Å². The highest BCUT2D eigenvalue weighted by atomic mass is 32.2. The Labute approximate surface area is 163 Å². The number of benzene rings is 2. The smallest absolute Gasteiger partial charge is 0.307 e. The molecule has 28 heavy (non-hydrogen) atoms. The lowest BCUT2D eigenvalue weighted by atomic mass is 10.0. The molecular formula is C19H20N2O6S. The van der Waals surface area contributed by atoms with E-state index in [1.807, 2.05) is 30.3 Å². The molecule has 0 amide bonds. The molecule has 0 bridgehead atoms. The quantitative estimate of drug-likeness (QED) is 0.282. The molecule has 1 unspecified atom stereocenters. The summed E-state index contributed by atoms with van der Waals surface area (Å²) in [7, 11) is -3.99. The molecule has 0 fully saturated rings. The number of carbonyl (C=O) groups excluding carboxylic acids is 1. The number of hydrogen-bond donors (Lipinski definition) is 1. The Balaban J connectivity index is 2.19. The van der Waals surface area contributed by atoms with Gasteiger partial charge in [-0.25, -0.2) is 13.1 Å². The van der Waals surface area contributed by atoms with E-state index in [-0.39, 0.29) is 30.0 Å². The van der Waals surface area contributed by atoms with E-state index in [4.69, 9.17) is 4.74 Å². The van der Waals surface area contributed by atoms with Gasteiger partial charge in [-0.05, 0) is 24.1 Å². The van der Waals surface area contributed by atoms with Crippen molar-refractivity contribution in [3.63, 3.8) is 0 Å². The lowest BCUT2D eigenvalue weighted by molar-refractivity contribution is -0.384. The van der Waals surface area contributed by atoms with Gasteiger partial charge in [0.1, 0.15) is 6.61 Å². The van der Waals surface area contributed by atoms with Crippen molar-refractivity contribution in [1.82, 2.24) is 4.72 Å². The Hall–Kier alpha value is -3.04. The summed E-state index contributed by atoms with van der Waals surface area (Å²) in [6, 6.07) is 12.9. The number of nitrogens with zero attached hydrogens (tertiary/aromatic N) is 1. The number of non-ortho nitro benzene ring substituents is 1. The third kappa shape index (κ3) is 6.29. The highest BCUT2D eigenvalue weighted by Crippen LogP contribution is 2.17. The molecule has 0 radical (unpaired) electrons. The van der Waals surface area contributed by atoms with Crippen LogP contribution in [0.15, 0.2) is 72.1 Å². The number of hydrogen-bond acceptors (Lipinski definition) is 6. The first-order valence-corrected chi connectivity index (χ1v) is 9.87. The van der Waals surface area contributed by atoms with Gasteiger partial charge in [0.2, 0.25) is 10.0 Å². The highest BCUT2D eigenvalue weighted by molar-refractivity contribution is 7.89. The average Bonchev–Trinajstić information content (AvgIpc) is 2.67. The first kappa shape index (κ1) is 21.3. The van der Waals surface area contributed by atoms with Gasteiger partial charge in [-0.15, -0.1) is 0 Å². The molecule has 2 rings (SSSR count). The number of rotatable bonds is 10. The van der Waals surface area contributed by atoms with Crippen molar-refractivity contribution in [2.24, 2.45) is 0 Å². The SMILES string of the molecule is C=CCOC(=O)CC(Cc1ccccc1)NS(=O)(=O)c1ccc([N+](=O)[O-])cc1. The molecule has 0 aliphatic carbocycles. The van der Waals surface area contributed by atoms with Gasteiger partial charge in [-0.1, -0.05) is 43.0 Å². The minimum absolute atomic E-state index is 0.0337. The Morgan fingerprint density at radius 1 is 1.18 bits per heavy atom. The van der Waals surface area contributed by atoms with Crippen molar-refractivity contribution in [3.05, 3.63) is 82.9 Å². The monoisotopic (exact) mass is 404 g/mol. The molecule has 0 heterocycles. The molecule has 2 aromatic rings. The molecule has 8 nitrogen and oxygen atoms in total. The largest absolute Gasteiger partial charge is 0.461 e. The number of nitro benzene ring substituents is 1. The van der Waals surface area contributed by atoms with Gasteiger partial charge in [0.25, 0.3) is 5.69 Å². The molecule has 2 aromatic carbocycles. The number of esters is 1. The van der Waals surface area contributed by atoms with Crippen LogP contribution in [-0.2, 0) is 26.0 Å². The van der Waals surface area contributed by atoms with Crippen molar-refractivity contribution in [2.45, 2.75) is 23.8 Å². The first-order valence-electron chi connectivity index (χ1n) is 8.39. The van der Waals surface area contributed by atoms with Crippen LogP contribution >= 0.6 is 0 Å². The van der Waals surface area contributed by atoms with Crippen LogP contribution in [0.5, 0.6) is 0 Å². The predicted molar refractivity (Wildman–Crippen MR) is 103 cm³/mol. The van der Waals surface area contributed by atoms with Crippen molar-refractivity contribution in [2.75, 3.05) is 6.61 Å². The maximum atomic E-state index is 12.7. The van der Waals surface area contributed by atoms with Gasteiger partial charge in [-0.2, -0.15) is 0 Å². The van der Waals surface area contributed by atoms with Crippen molar-refractivity contribution in [1.29, 1.82) is 0 Å². The molecule has 0 spiro atoms. The van der Waals surface area contributed by atoms with E-state index >= 15 is 0 Å². The van der Waals surface area contributed by atoms with Gasteiger partial charge in [0.15, 0.2) is 0 Å². The van der Waals surface area contributed by atoms with Crippen LogP contribution < -0.4 is 4.72 Å². The molecule has 0 aliphatic heterocycles. The zero-order valence-electron chi connectivity index (χ0n) is 15.0. The highest BCUT2D eigenvalue weighted by Gasteiger charge is 2.24. The van der Waals surface area contributed by atoms with E-state index in [0.29, 0.717) is 0 Å². The van der Waals surface area contributed by atoms with E-state index in [2.05, 4.69) is 11.3 Å². The lowest BCUT2D eigenvalue weighted by Crippen LogP contribution is -2.38. The fourth-order valence-electron chi connectivity index (χ4n) is 2.50. The van der Waals surface area contributed by atoms with E-state index in [9.17, 15) is 23.3 Å². The second kappa shape index (κ2) is 9.77. The minimum atomic E-state index is -3.99. The van der Waals surface area contributed by atoms with Crippen LogP contribution in [0.25, 0.3) is 0 Å². The van der Waals surface area contributed by atoms with Crippen molar-refractivity contribution in [3.8, 4) is 0 Å². The fourth-order valence-corrected chi connectivity index (χ4v) is 3.74. The standard InChI is InChI=1S/C19H20N2O6S/c1-2-12-27-19(22)14-16(13-15-6-4-3-5-7-15)20-28(25,26)18-10-8-17(9-11-18)21(23)24/h2-11,16,20H,1,12-14H2. The summed E-state index contributed by atoms with van der Waals surface area (Å²) < 4.78 is 32.8. The number of nitro groups is 1.